The van der Waals surface area contributed by atoms with E-state index in [0.717, 1.165) is 0 Å². The lowest BCUT2D eigenvalue weighted by Gasteiger charge is -1.76. The van der Waals surface area contributed by atoms with E-state index in [4.69, 9.17) is 4.42 Å². The summed E-state index contributed by atoms with van der Waals surface area (Å²) < 4.78 is 4.84. The summed E-state index contributed by atoms with van der Waals surface area (Å²) in [5.74, 6) is 0. The summed E-state index contributed by atoms with van der Waals surface area (Å²) in [6.07, 6.45) is 4.74. The minimum Gasteiger partial charge on any atom is -0.472 e. The van der Waals surface area contributed by atoms with Crippen molar-refractivity contribution in [2.75, 3.05) is 0 Å². The van der Waals surface area contributed by atoms with Gasteiger partial charge in [0.2, 0.25) is 0 Å². The number of aryl methyl sites for hydroxylation is 2. The van der Waals surface area contributed by atoms with Gasteiger partial charge >= 0.3 is 0 Å². The molecule has 0 spiro atoms. The summed E-state index contributed by atoms with van der Waals surface area (Å²) >= 11 is 0. The molecular weight excluding hydrogens is 124 g/mol. The molecule has 1 nitrogen and oxygen atoms in total. The van der Waals surface area contributed by atoms with Crippen molar-refractivity contribution in [3.05, 3.63) is 23.7 Å². The number of hydrogen-bond donors (Lipinski definition) is 0. The van der Waals surface area contributed by atoms with Gasteiger partial charge in [0, 0.05) is 0 Å². The van der Waals surface area contributed by atoms with Crippen LogP contribution in [0.5, 0.6) is 0 Å². The zero-order valence-corrected chi connectivity index (χ0v) is 7.27. The van der Waals surface area contributed by atoms with Crippen molar-refractivity contribution in [1.82, 2.24) is 0 Å². The van der Waals surface area contributed by atoms with Gasteiger partial charge in [0.05, 0.1) is 12.5 Å². The molecule has 1 aromatic heterocycles. The first-order valence-electron chi connectivity index (χ1n) is 3.71. The van der Waals surface area contributed by atoms with Crippen molar-refractivity contribution in [3.8, 4) is 0 Å². The van der Waals surface area contributed by atoms with Crippen LogP contribution in [0.4, 0.5) is 0 Å². The lowest BCUT2D eigenvalue weighted by molar-refractivity contribution is 0.564. The van der Waals surface area contributed by atoms with Gasteiger partial charge in [-0.25, -0.2) is 0 Å². The Morgan fingerprint density at radius 2 is 1.40 bits per heavy atom. The topological polar surface area (TPSA) is 13.1 Å². The smallest absolute Gasteiger partial charge is 0.0934 e. The Kier molecular flexibility index (Phi) is 4.73. The first-order chi connectivity index (χ1) is 4.72. The Bertz CT molecular complexity index is 148. The van der Waals surface area contributed by atoms with Gasteiger partial charge in [0.15, 0.2) is 0 Å². The third kappa shape index (κ3) is 3.33. The summed E-state index contributed by atoms with van der Waals surface area (Å²) in [6, 6.07) is 0. The highest BCUT2D eigenvalue weighted by atomic mass is 16.3. The largest absolute Gasteiger partial charge is 0.472 e. The molecule has 0 aliphatic heterocycles. The lowest BCUT2D eigenvalue weighted by atomic mass is 10.2. The number of furan rings is 1. The SMILES string of the molecule is CCC.Cc1cocc1C. The molecule has 0 aliphatic carbocycles. The van der Waals surface area contributed by atoms with E-state index in [-0.39, 0.29) is 0 Å². The summed E-state index contributed by atoms with van der Waals surface area (Å²) in [5.41, 5.74) is 2.44. The lowest BCUT2D eigenvalue weighted by Crippen LogP contribution is -1.63. The molecule has 1 rings (SSSR count). The molecule has 0 fully saturated rings. The molecule has 1 aromatic rings. The Labute approximate surface area is 63.1 Å². The predicted octanol–water partition coefficient (Wildman–Crippen LogP) is 3.31. The Balaban J connectivity index is 0.000000236. The van der Waals surface area contributed by atoms with Crippen LogP contribution in [0.1, 0.15) is 31.4 Å². The van der Waals surface area contributed by atoms with E-state index < -0.39 is 0 Å². The maximum Gasteiger partial charge on any atom is 0.0934 e. The van der Waals surface area contributed by atoms with Crippen LogP contribution >= 0.6 is 0 Å². The maximum atomic E-state index is 4.84. The van der Waals surface area contributed by atoms with Gasteiger partial charge in [-0.2, -0.15) is 0 Å². The van der Waals surface area contributed by atoms with Crippen molar-refractivity contribution in [2.45, 2.75) is 34.1 Å². The van der Waals surface area contributed by atoms with Crippen LogP contribution in [-0.4, -0.2) is 0 Å². The van der Waals surface area contributed by atoms with E-state index in [9.17, 15) is 0 Å². The minimum atomic E-state index is 1.22. The van der Waals surface area contributed by atoms with Gasteiger partial charge in [0.25, 0.3) is 0 Å². The Hall–Kier alpha value is -0.720. The highest BCUT2D eigenvalue weighted by Crippen LogP contribution is 2.04. The second-order valence-electron chi connectivity index (χ2n) is 2.44. The first-order valence-corrected chi connectivity index (χ1v) is 3.71. The van der Waals surface area contributed by atoms with Crippen molar-refractivity contribution in [3.63, 3.8) is 0 Å². The average Bonchev–Trinajstić information content (AvgIpc) is 2.19. The zero-order valence-electron chi connectivity index (χ0n) is 7.27. The normalized spacial score (nSPS) is 8.40. The van der Waals surface area contributed by atoms with Gasteiger partial charge in [-0.15, -0.1) is 0 Å². The maximum absolute atomic E-state index is 4.84. The third-order valence-corrected chi connectivity index (χ3v) is 1.11. The molecule has 1 heteroatoms. The average molecular weight is 140 g/mol. The van der Waals surface area contributed by atoms with E-state index in [1.54, 1.807) is 12.5 Å². The molecule has 0 amide bonds. The Morgan fingerprint density at radius 1 is 1.10 bits per heavy atom. The molecule has 0 radical (unpaired) electrons. The molecule has 0 atom stereocenters. The molecule has 10 heavy (non-hydrogen) atoms. The van der Waals surface area contributed by atoms with E-state index in [0.29, 0.717) is 0 Å². The summed E-state index contributed by atoms with van der Waals surface area (Å²) in [6.45, 7) is 8.30. The third-order valence-electron chi connectivity index (χ3n) is 1.11. The minimum absolute atomic E-state index is 1.22. The number of rotatable bonds is 0. The van der Waals surface area contributed by atoms with E-state index in [1.807, 2.05) is 13.8 Å². The van der Waals surface area contributed by atoms with Crippen molar-refractivity contribution in [2.24, 2.45) is 0 Å². The zero-order chi connectivity index (χ0) is 7.98. The highest BCUT2D eigenvalue weighted by Gasteiger charge is 1.88. The Morgan fingerprint density at radius 3 is 1.50 bits per heavy atom. The standard InChI is InChI=1S/C6H8O.C3H8/c1-5-3-7-4-6(5)2;1-3-2/h3-4H,1-2H3;3H2,1-2H3. The van der Waals surface area contributed by atoms with Crippen LogP contribution in [-0.2, 0) is 0 Å². The molecular formula is C9H16O. The van der Waals surface area contributed by atoms with Crippen molar-refractivity contribution >= 4 is 0 Å². The first kappa shape index (κ1) is 9.28. The fourth-order valence-electron chi connectivity index (χ4n) is 0.424. The molecule has 0 bridgehead atoms. The molecule has 0 unspecified atom stereocenters. The van der Waals surface area contributed by atoms with Crippen LogP contribution in [0, 0.1) is 13.8 Å². The van der Waals surface area contributed by atoms with Gasteiger partial charge in [-0.3, -0.25) is 0 Å². The number of hydrogen-bond acceptors (Lipinski definition) is 1. The summed E-state index contributed by atoms with van der Waals surface area (Å²) in [4.78, 5) is 0. The molecule has 0 aromatic carbocycles. The van der Waals surface area contributed by atoms with Gasteiger partial charge in [-0.05, 0) is 25.0 Å². The highest BCUT2D eigenvalue weighted by molar-refractivity contribution is 5.15. The van der Waals surface area contributed by atoms with Crippen LogP contribution in [0.3, 0.4) is 0 Å². The van der Waals surface area contributed by atoms with Crippen LogP contribution < -0.4 is 0 Å². The quantitative estimate of drug-likeness (QED) is 0.538. The van der Waals surface area contributed by atoms with Crippen molar-refractivity contribution in [1.29, 1.82) is 0 Å². The second kappa shape index (κ2) is 5.10. The van der Waals surface area contributed by atoms with Gasteiger partial charge < -0.3 is 4.42 Å². The predicted molar refractivity (Wildman–Crippen MR) is 44.1 cm³/mol. The van der Waals surface area contributed by atoms with E-state index in [1.165, 1.54) is 17.5 Å². The summed E-state index contributed by atoms with van der Waals surface area (Å²) in [7, 11) is 0. The molecule has 58 valence electrons. The monoisotopic (exact) mass is 140 g/mol. The van der Waals surface area contributed by atoms with Crippen molar-refractivity contribution < 1.29 is 4.42 Å². The van der Waals surface area contributed by atoms with Gasteiger partial charge in [-0.1, -0.05) is 20.3 Å². The second-order valence-corrected chi connectivity index (χ2v) is 2.44. The van der Waals surface area contributed by atoms with Crippen LogP contribution in [0.15, 0.2) is 16.9 Å². The molecule has 0 saturated heterocycles. The van der Waals surface area contributed by atoms with E-state index >= 15 is 0 Å². The molecule has 0 aliphatic rings. The molecule has 1 heterocycles. The van der Waals surface area contributed by atoms with Gasteiger partial charge in [0.1, 0.15) is 0 Å². The molecule has 0 N–H and O–H groups in total. The molecule has 0 saturated carbocycles. The van der Waals surface area contributed by atoms with Crippen LogP contribution in [0.2, 0.25) is 0 Å². The van der Waals surface area contributed by atoms with E-state index in [2.05, 4.69) is 13.8 Å². The summed E-state index contributed by atoms with van der Waals surface area (Å²) in [5, 5.41) is 0. The fourth-order valence-corrected chi connectivity index (χ4v) is 0.424. The van der Waals surface area contributed by atoms with Crippen LogP contribution in [0.25, 0.3) is 0 Å². The fraction of sp³-hybridized carbons (Fsp3) is 0.556.